The summed E-state index contributed by atoms with van der Waals surface area (Å²) in [7, 11) is 0. The highest BCUT2D eigenvalue weighted by molar-refractivity contribution is 5.85. The minimum absolute atomic E-state index is 0.0780. The zero-order valence-electron chi connectivity index (χ0n) is 16.5. The van der Waals surface area contributed by atoms with Crippen molar-refractivity contribution in [3.8, 4) is 11.5 Å². The minimum atomic E-state index is -3.58. The number of aldehydes is 1. The van der Waals surface area contributed by atoms with Crippen molar-refractivity contribution < 1.29 is 43.5 Å². The molecule has 0 aliphatic heterocycles. The van der Waals surface area contributed by atoms with E-state index in [0.29, 0.717) is 11.3 Å². The maximum absolute atomic E-state index is 14.5. The summed E-state index contributed by atoms with van der Waals surface area (Å²) in [6.07, 6.45) is -4.13. The van der Waals surface area contributed by atoms with Crippen LogP contribution < -0.4 is 14.8 Å². The normalized spacial score (nSPS) is 11.6. The summed E-state index contributed by atoms with van der Waals surface area (Å²) in [5.41, 5.74) is -0.310. The van der Waals surface area contributed by atoms with E-state index in [1.165, 1.54) is 0 Å². The number of amides is 1. The van der Waals surface area contributed by atoms with Crippen LogP contribution in [-0.4, -0.2) is 39.5 Å². The first-order valence-corrected chi connectivity index (χ1v) is 8.73. The predicted molar refractivity (Wildman–Crippen MR) is 102 cm³/mol. The smallest absolute Gasteiger partial charge is 0.453 e. The van der Waals surface area contributed by atoms with Crippen LogP contribution in [-0.2, 0) is 11.3 Å². The molecule has 0 radical (unpaired) electrons. The van der Waals surface area contributed by atoms with E-state index in [1.807, 2.05) is 0 Å². The molecule has 2 rings (SSSR count). The Morgan fingerprint density at radius 3 is 2.40 bits per heavy atom. The van der Waals surface area contributed by atoms with Crippen LogP contribution >= 0.6 is 0 Å². The van der Waals surface area contributed by atoms with E-state index in [9.17, 15) is 14.0 Å². The van der Waals surface area contributed by atoms with Crippen molar-refractivity contribution in [2.75, 3.05) is 5.32 Å². The van der Waals surface area contributed by atoms with Crippen LogP contribution in [0.4, 0.5) is 14.9 Å². The first-order chi connectivity index (χ1) is 13.9. The Hall–Kier alpha value is -3.21. The van der Waals surface area contributed by atoms with Crippen LogP contribution in [0.3, 0.4) is 0 Å². The van der Waals surface area contributed by atoms with Crippen LogP contribution in [0.25, 0.3) is 0 Å². The molecule has 4 N–H and O–H groups in total. The van der Waals surface area contributed by atoms with Gasteiger partial charge in [0.1, 0.15) is 18.0 Å². The van der Waals surface area contributed by atoms with Gasteiger partial charge in [-0.15, -0.1) is 0 Å². The minimum Gasteiger partial charge on any atom is -0.486 e. The van der Waals surface area contributed by atoms with Gasteiger partial charge in [-0.3, -0.25) is 10.1 Å². The molecule has 0 aliphatic rings. The lowest BCUT2D eigenvalue weighted by Gasteiger charge is -2.19. The number of anilines is 1. The summed E-state index contributed by atoms with van der Waals surface area (Å²) in [6, 6.07) is 8.67. The fraction of sp³-hybridized carbons (Fsp3) is 0.300. The number of aliphatic hydroxyl groups is 3. The summed E-state index contributed by atoms with van der Waals surface area (Å²) in [5.74, 6) is -2.02. The number of halogens is 1. The van der Waals surface area contributed by atoms with Crippen molar-refractivity contribution in [1.29, 1.82) is 0 Å². The number of carbonyl (C=O) groups excluding carboxylic acids is 2. The number of rotatable bonds is 7. The van der Waals surface area contributed by atoms with Crippen molar-refractivity contribution in [2.45, 2.75) is 39.1 Å². The van der Waals surface area contributed by atoms with Gasteiger partial charge in [-0.1, -0.05) is 12.1 Å². The molecule has 0 heterocycles. The van der Waals surface area contributed by atoms with Crippen LogP contribution in [0, 0.1) is 5.82 Å². The number of hydrogen-bond acceptors (Lipinski definition) is 8. The Morgan fingerprint density at radius 2 is 1.80 bits per heavy atom. The zero-order valence-corrected chi connectivity index (χ0v) is 16.5. The van der Waals surface area contributed by atoms with Crippen molar-refractivity contribution >= 4 is 18.1 Å². The molecule has 10 heteroatoms. The van der Waals surface area contributed by atoms with E-state index in [-0.39, 0.29) is 18.6 Å². The second-order valence-corrected chi connectivity index (χ2v) is 7.20. The second kappa shape index (κ2) is 9.08. The Labute approximate surface area is 171 Å². The quantitative estimate of drug-likeness (QED) is 0.394. The number of benzene rings is 2. The topological polar surface area (TPSA) is 135 Å². The summed E-state index contributed by atoms with van der Waals surface area (Å²) in [5, 5.41) is 29.1. The Morgan fingerprint density at radius 1 is 1.13 bits per heavy atom. The summed E-state index contributed by atoms with van der Waals surface area (Å²) < 4.78 is 29.3. The SMILES string of the molecule is CC(C)(C)OC(=O)Nc1cccc(COc2ccc(OC(O)(O)O)c(C=O)c2F)c1. The Kier molecular flexibility index (Phi) is 6.98. The van der Waals surface area contributed by atoms with Crippen molar-refractivity contribution in [3.63, 3.8) is 0 Å². The highest BCUT2D eigenvalue weighted by Crippen LogP contribution is 2.30. The number of carbonyl (C=O) groups is 2. The molecular weight excluding hydrogens is 401 g/mol. The highest BCUT2D eigenvalue weighted by atomic mass is 19.1. The first kappa shape index (κ1) is 23.1. The molecule has 162 valence electrons. The van der Waals surface area contributed by atoms with E-state index < -0.39 is 35.0 Å². The number of ether oxygens (including phenoxy) is 3. The summed E-state index contributed by atoms with van der Waals surface area (Å²) >= 11 is 0. The Balaban J connectivity index is 2.10. The van der Waals surface area contributed by atoms with E-state index in [4.69, 9.17) is 24.8 Å². The lowest BCUT2D eigenvalue weighted by Crippen LogP contribution is -2.35. The third-order valence-corrected chi connectivity index (χ3v) is 3.44. The molecule has 0 aromatic heterocycles. The molecule has 9 nitrogen and oxygen atoms in total. The summed E-state index contributed by atoms with van der Waals surface area (Å²) in [6.45, 7) is 5.09. The van der Waals surface area contributed by atoms with Gasteiger partial charge in [-0.05, 0) is 50.6 Å². The van der Waals surface area contributed by atoms with Gasteiger partial charge >= 0.3 is 12.3 Å². The molecule has 30 heavy (non-hydrogen) atoms. The first-order valence-electron chi connectivity index (χ1n) is 8.73. The van der Waals surface area contributed by atoms with Gasteiger partial charge < -0.3 is 29.5 Å². The van der Waals surface area contributed by atoms with Crippen LogP contribution in [0.2, 0.25) is 0 Å². The fourth-order valence-electron chi connectivity index (χ4n) is 2.33. The van der Waals surface area contributed by atoms with E-state index in [2.05, 4.69) is 10.1 Å². The molecule has 2 aromatic rings. The van der Waals surface area contributed by atoms with Gasteiger partial charge in [-0.2, -0.15) is 0 Å². The second-order valence-electron chi connectivity index (χ2n) is 7.20. The molecule has 2 aromatic carbocycles. The molecule has 1 amide bonds. The van der Waals surface area contributed by atoms with Gasteiger partial charge in [0.05, 0.1) is 5.56 Å². The van der Waals surface area contributed by atoms with Gasteiger partial charge in [-0.25, -0.2) is 9.18 Å². The molecule has 0 aliphatic carbocycles. The molecule has 0 saturated heterocycles. The molecule has 0 fully saturated rings. The average Bonchev–Trinajstić information content (AvgIpc) is 2.58. The van der Waals surface area contributed by atoms with Crippen molar-refractivity contribution in [2.24, 2.45) is 0 Å². The lowest BCUT2D eigenvalue weighted by atomic mass is 10.2. The van der Waals surface area contributed by atoms with Crippen LogP contribution in [0.5, 0.6) is 11.5 Å². The molecule has 0 atom stereocenters. The maximum atomic E-state index is 14.5. The van der Waals surface area contributed by atoms with Gasteiger partial charge in [0.2, 0.25) is 0 Å². The molecular formula is C20H22FNO8. The third kappa shape index (κ3) is 6.99. The molecule has 0 saturated carbocycles. The number of nitrogens with one attached hydrogen (secondary N) is 1. The van der Waals surface area contributed by atoms with Crippen LogP contribution in [0.15, 0.2) is 36.4 Å². The predicted octanol–water partition coefficient (Wildman–Crippen LogP) is 2.53. The van der Waals surface area contributed by atoms with Gasteiger partial charge in [0.25, 0.3) is 0 Å². The average molecular weight is 423 g/mol. The zero-order chi connectivity index (χ0) is 22.5. The standard InChI is InChI=1S/C20H22FNO8/c1-19(2,3)30-18(24)22-13-6-4-5-12(9-13)11-28-16-8-7-15(29-20(25,26)27)14(10-23)17(16)21/h4-10,25-27H,11H2,1-3H3,(H,22,24). The van der Waals surface area contributed by atoms with Crippen molar-refractivity contribution in [3.05, 3.63) is 53.3 Å². The maximum Gasteiger partial charge on any atom is 0.453 e. The molecule has 0 bridgehead atoms. The lowest BCUT2D eigenvalue weighted by molar-refractivity contribution is -0.419. The summed E-state index contributed by atoms with van der Waals surface area (Å²) in [4.78, 5) is 23.0. The monoisotopic (exact) mass is 423 g/mol. The van der Waals surface area contributed by atoms with E-state index in [0.717, 1.165) is 12.1 Å². The van der Waals surface area contributed by atoms with E-state index >= 15 is 0 Å². The van der Waals surface area contributed by atoms with Gasteiger partial charge in [0, 0.05) is 5.69 Å². The highest BCUT2D eigenvalue weighted by Gasteiger charge is 2.25. The van der Waals surface area contributed by atoms with Crippen LogP contribution in [0.1, 0.15) is 36.7 Å². The Bertz CT molecular complexity index is 918. The fourth-order valence-corrected chi connectivity index (χ4v) is 2.33. The third-order valence-electron chi connectivity index (χ3n) is 3.44. The van der Waals surface area contributed by atoms with E-state index in [1.54, 1.807) is 45.0 Å². The van der Waals surface area contributed by atoms with Crippen molar-refractivity contribution in [1.82, 2.24) is 0 Å². The largest absolute Gasteiger partial charge is 0.486 e. The number of hydrogen-bond donors (Lipinski definition) is 4. The molecule has 0 spiro atoms. The molecule has 0 unspecified atom stereocenters. The van der Waals surface area contributed by atoms with Gasteiger partial charge in [0.15, 0.2) is 17.9 Å².